The van der Waals surface area contributed by atoms with E-state index in [1.54, 1.807) is 7.11 Å². The minimum Gasteiger partial charge on any atom is -0.393 e. The molecule has 4 saturated carbocycles. The SMILES string of the molecule is C=CC[C@@H](C)[C@H]1CC[C@H]2C3[C@H](O)[C@H](CC)C4C[C@H](OCOCCOC)CCC4(C)[C@H]3CC[C@]12C. The fraction of sp³-hybridized carbons (Fsp3) is 0.933. The van der Waals surface area contributed by atoms with Crippen LogP contribution in [0.3, 0.4) is 0 Å². The quantitative estimate of drug-likeness (QED) is 0.223. The molecule has 4 nitrogen and oxygen atoms in total. The minimum atomic E-state index is -0.164. The van der Waals surface area contributed by atoms with E-state index < -0.39 is 0 Å². The van der Waals surface area contributed by atoms with Crippen molar-refractivity contribution in [3.05, 3.63) is 12.7 Å². The molecule has 4 aliphatic carbocycles. The highest BCUT2D eigenvalue weighted by Crippen LogP contribution is 2.69. The van der Waals surface area contributed by atoms with E-state index in [0.717, 1.165) is 31.6 Å². The Morgan fingerprint density at radius 2 is 1.76 bits per heavy atom. The van der Waals surface area contributed by atoms with Gasteiger partial charge in [-0.05, 0) is 104 Å². The molecule has 4 fully saturated rings. The van der Waals surface area contributed by atoms with Crippen molar-refractivity contribution in [3.8, 4) is 0 Å². The van der Waals surface area contributed by atoms with Gasteiger partial charge in [0.15, 0.2) is 0 Å². The number of hydrogen-bond donors (Lipinski definition) is 1. The monoisotopic (exact) mass is 476 g/mol. The van der Waals surface area contributed by atoms with Gasteiger partial charge in [-0.25, -0.2) is 0 Å². The van der Waals surface area contributed by atoms with Crippen LogP contribution in [-0.4, -0.2) is 44.4 Å². The molecule has 34 heavy (non-hydrogen) atoms. The van der Waals surface area contributed by atoms with Crippen molar-refractivity contribution >= 4 is 0 Å². The molecule has 0 heterocycles. The van der Waals surface area contributed by atoms with Crippen LogP contribution < -0.4 is 0 Å². The molecule has 3 unspecified atom stereocenters. The zero-order valence-corrected chi connectivity index (χ0v) is 22.6. The maximum atomic E-state index is 12.0. The van der Waals surface area contributed by atoms with Crippen molar-refractivity contribution in [2.75, 3.05) is 27.1 Å². The van der Waals surface area contributed by atoms with Gasteiger partial charge in [-0.2, -0.15) is 0 Å². The van der Waals surface area contributed by atoms with Gasteiger partial charge in [0, 0.05) is 7.11 Å². The van der Waals surface area contributed by atoms with Crippen molar-refractivity contribution in [3.63, 3.8) is 0 Å². The van der Waals surface area contributed by atoms with Crippen LogP contribution in [0.25, 0.3) is 0 Å². The Morgan fingerprint density at radius 1 is 1.03 bits per heavy atom. The molecule has 1 N–H and O–H groups in total. The molecule has 0 amide bonds. The number of aliphatic hydroxyl groups excluding tert-OH is 1. The first-order valence-corrected chi connectivity index (χ1v) is 14.3. The second kappa shape index (κ2) is 10.9. The molecule has 0 aromatic heterocycles. The second-order valence-corrected chi connectivity index (χ2v) is 12.8. The van der Waals surface area contributed by atoms with Gasteiger partial charge in [0.2, 0.25) is 0 Å². The summed E-state index contributed by atoms with van der Waals surface area (Å²) in [7, 11) is 1.69. The lowest BCUT2D eigenvalue weighted by Gasteiger charge is -2.65. The fourth-order valence-electron chi connectivity index (χ4n) is 9.84. The average molecular weight is 477 g/mol. The van der Waals surface area contributed by atoms with Crippen LogP contribution in [0.2, 0.25) is 0 Å². The van der Waals surface area contributed by atoms with Crippen LogP contribution in [0.5, 0.6) is 0 Å². The third kappa shape index (κ3) is 4.55. The molecule has 4 rings (SSSR count). The Balaban J connectivity index is 1.50. The lowest BCUT2D eigenvalue weighted by Crippen LogP contribution is -2.62. The third-order valence-corrected chi connectivity index (χ3v) is 11.5. The van der Waals surface area contributed by atoms with Gasteiger partial charge in [-0.1, -0.05) is 40.2 Å². The Bertz CT molecular complexity index is 681. The van der Waals surface area contributed by atoms with E-state index in [4.69, 9.17) is 14.2 Å². The van der Waals surface area contributed by atoms with Crippen molar-refractivity contribution in [1.82, 2.24) is 0 Å². The van der Waals surface area contributed by atoms with Crippen molar-refractivity contribution in [1.29, 1.82) is 0 Å². The average Bonchev–Trinajstić information content (AvgIpc) is 3.17. The zero-order chi connectivity index (χ0) is 24.5. The summed E-state index contributed by atoms with van der Waals surface area (Å²) in [6.07, 6.45) is 13.1. The summed E-state index contributed by atoms with van der Waals surface area (Å²) in [6, 6.07) is 0. The van der Waals surface area contributed by atoms with Gasteiger partial charge in [0.1, 0.15) is 6.79 Å². The van der Waals surface area contributed by atoms with E-state index >= 15 is 0 Å². The molecule has 0 radical (unpaired) electrons. The Kier molecular flexibility index (Phi) is 8.55. The lowest BCUT2D eigenvalue weighted by atomic mass is 9.41. The minimum absolute atomic E-state index is 0.164. The number of hydrogen-bond acceptors (Lipinski definition) is 4. The first-order valence-electron chi connectivity index (χ1n) is 14.3. The summed E-state index contributed by atoms with van der Waals surface area (Å²) in [5, 5.41) is 12.0. The second-order valence-electron chi connectivity index (χ2n) is 12.8. The van der Waals surface area contributed by atoms with E-state index in [1.165, 1.54) is 32.1 Å². The summed E-state index contributed by atoms with van der Waals surface area (Å²) in [4.78, 5) is 0. The molecule has 4 aliphatic rings. The van der Waals surface area contributed by atoms with E-state index in [1.807, 2.05) is 0 Å². The lowest BCUT2D eigenvalue weighted by molar-refractivity contribution is -0.213. The van der Waals surface area contributed by atoms with Crippen LogP contribution in [0.4, 0.5) is 0 Å². The summed E-state index contributed by atoms with van der Waals surface area (Å²) in [5.41, 5.74) is 0.708. The van der Waals surface area contributed by atoms with Crippen LogP contribution in [0.15, 0.2) is 12.7 Å². The van der Waals surface area contributed by atoms with E-state index in [2.05, 4.69) is 40.3 Å². The number of allylic oxidation sites excluding steroid dienone is 1. The Hall–Kier alpha value is -0.420. The summed E-state index contributed by atoms with van der Waals surface area (Å²) < 4.78 is 16.8. The van der Waals surface area contributed by atoms with Crippen molar-refractivity contribution in [2.24, 2.45) is 52.3 Å². The highest BCUT2D eigenvalue weighted by molar-refractivity contribution is 5.13. The molecule has 4 heteroatoms. The van der Waals surface area contributed by atoms with Gasteiger partial charge in [-0.3, -0.25) is 0 Å². The van der Waals surface area contributed by atoms with Crippen LogP contribution in [0, 0.1) is 52.3 Å². The fourth-order valence-corrected chi connectivity index (χ4v) is 9.84. The van der Waals surface area contributed by atoms with Gasteiger partial charge in [0.25, 0.3) is 0 Å². The highest BCUT2D eigenvalue weighted by Gasteiger charge is 2.64. The molecule has 11 atom stereocenters. The third-order valence-electron chi connectivity index (χ3n) is 11.5. The summed E-state index contributed by atoms with van der Waals surface area (Å²) >= 11 is 0. The first-order chi connectivity index (χ1) is 16.3. The van der Waals surface area contributed by atoms with Crippen LogP contribution in [-0.2, 0) is 14.2 Å². The number of aliphatic hydroxyl groups is 1. The number of methoxy groups -OCH3 is 1. The smallest absolute Gasteiger partial charge is 0.147 e. The number of ether oxygens (including phenoxy) is 3. The molecule has 0 saturated heterocycles. The number of rotatable bonds is 10. The van der Waals surface area contributed by atoms with Gasteiger partial charge >= 0.3 is 0 Å². The van der Waals surface area contributed by atoms with Gasteiger partial charge in [-0.15, -0.1) is 6.58 Å². The molecular weight excluding hydrogens is 424 g/mol. The molecular formula is C30H52O4. The predicted octanol–water partition coefficient (Wildman–Crippen LogP) is 6.47. The Labute approximate surface area is 209 Å². The van der Waals surface area contributed by atoms with Crippen molar-refractivity contribution in [2.45, 2.75) is 97.7 Å². The van der Waals surface area contributed by atoms with Gasteiger partial charge in [0.05, 0.1) is 25.4 Å². The maximum absolute atomic E-state index is 12.0. The first kappa shape index (κ1) is 26.6. The molecule has 0 aliphatic heterocycles. The maximum Gasteiger partial charge on any atom is 0.147 e. The predicted molar refractivity (Wildman–Crippen MR) is 137 cm³/mol. The van der Waals surface area contributed by atoms with E-state index in [9.17, 15) is 5.11 Å². The van der Waals surface area contributed by atoms with Crippen LogP contribution >= 0.6 is 0 Å². The number of fused-ring (bicyclic) bond motifs is 5. The normalized spacial score (nSPS) is 46.9. The largest absolute Gasteiger partial charge is 0.393 e. The summed E-state index contributed by atoms with van der Waals surface area (Å²) in [6.45, 7) is 15.5. The molecule has 0 aromatic carbocycles. The summed E-state index contributed by atoms with van der Waals surface area (Å²) in [5.74, 6) is 4.21. The molecule has 0 spiro atoms. The van der Waals surface area contributed by atoms with E-state index in [0.29, 0.717) is 66.3 Å². The highest BCUT2D eigenvalue weighted by atomic mass is 16.7. The molecule has 196 valence electrons. The zero-order valence-electron chi connectivity index (χ0n) is 22.6. The molecule has 0 aromatic rings. The van der Waals surface area contributed by atoms with E-state index in [-0.39, 0.29) is 12.2 Å². The topological polar surface area (TPSA) is 47.9 Å². The standard InChI is InChI=1S/C30H52O4/c1-7-9-20(3)23-10-11-24-27-25(13-15-29(23,24)4)30(5)14-12-21(34-19-33-17-16-32-6)18-26(30)22(8-2)28(27)31/h7,20-28,31H,1,8-19H2,2-6H3/t20-,21-,22-,23-,24+,25+,26?,27?,28-,29-,30?/m1/s1. The van der Waals surface area contributed by atoms with Crippen LogP contribution in [0.1, 0.15) is 85.5 Å². The van der Waals surface area contributed by atoms with Gasteiger partial charge < -0.3 is 19.3 Å². The Morgan fingerprint density at radius 3 is 2.47 bits per heavy atom. The van der Waals surface area contributed by atoms with Crippen molar-refractivity contribution < 1.29 is 19.3 Å². The molecule has 0 bridgehead atoms.